The van der Waals surface area contributed by atoms with Crippen molar-refractivity contribution in [2.45, 2.75) is 144 Å². The molecule has 0 heterocycles. The van der Waals surface area contributed by atoms with E-state index in [1.165, 1.54) is 41.2 Å². The maximum absolute atomic E-state index is 2.12. The molecule has 4 aromatic rings. The monoisotopic (exact) mass is 606 g/mol. The molecule has 0 unspecified atom stereocenters. The molecule has 0 aliphatic heterocycles. The van der Waals surface area contributed by atoms with Crippen molar-refractivity contribution in [2.75, 3.05) is 0 Å². The Morgan fingerprint density at radius 2 is 0.432 bits per heavy atom. The largest absolute Gasteiger partial charge is 0.0683 e. The number of aryl methyl sites for hydroxylation is 2. The summed E-state index contributed by atoms with van der Waals surface area (Å²) in [6, 6.07) is 37.1. The van der Waals surface area contributed by atoms with Crippen molar-refractivity contribution in [3.8, 4) is 0 Å². The molecule has 4 rings (SSSR count). The van der Waals surface area contributed by atoms with Gasteiger partial charge in [-0.1, -0.05) is 239 Å². The van der Waals surface area contributed by atoms with Gasteiger partial charge in [-0.3, -0.25) is 0 Å². The maximum Gasteiger partial charge on any atom is 0 e. The molecule has 0 amide bonds. The van der Waals surface area contributed by atoms with Gasteiger partial charge in [-0.05, 0) is 35.7 Å². The molecular formula is C43H78B. The summed E-state index contributed by atoms with van der Waals surface area (Å²) >= 11 is 0. The molecule has 0 saturated carbocycles. The smallest absolute Gasteiger partial charge is 0 e. The normalized spacial score (nSPS) is 6.95. The van der Waals surface area contributed by atoms with Gasteiger partial charge in [0.2, 0.25) is 0 Å². The molecule has 0 spiro atoms. The van der Waals surface area contributed by atoms with E-state index in [9.17, 15) is 0 Å². The highest BCUT2D eigenvalue weighted by Gasteiger charge is 1.85. The van der Waals surface area contributed by atoms with Gasteiger partial charge in [-0.15, -0.1) is 0 Å². The van der Waals surface area contributed by atoms with Crippen molar-refractivity contribution in [1.29, 1.82) is 0 Å². The number of hydrogen-bond donors (Lipinski definition) is 0. The van der Waals surface area contributed by atoms with Crippen LogP contribution in [0.5, 0.6) is 0 Å². The lowest BCUT2D eigenvalue weighted by atomic mass is 10.1. The Kier molecular flexibility index (Phi) is 93.0. The average Bonchev–Trinajstić information content (AvgIpc) is 3.10. The van der Waals surface area contributed by atoms with Crippen LogP contribution in [0.3, 0.4) is 0 Å². The minimum atomic E-state index is 0. The zero-order valence-electron chi connectivity index (χ0n) is 33.1. The van der Waals surface area contributed by atoms with E-state index < -0.39 is 0 Å². The molecule has 0 aromatic heterocycles. The molecule has 0 N–H and O–H groups in total. The lowest BCUT2D eigenvalue weighted by molar-refractivity contribution is 1.09. The SMILES string of the molecule is CC.CC.CC.CC.CC.CCC.CCC.CCC.Cc1ccccc1C.[B].c1ccc2ccccc2c1.c1ccccc1. The third-order valence-electron chi connectivity index (χ3n) is 3.75. The van der Waals surface area contributed by atoms with Crippen LogP contribution in [0.4, 0.5) is 0 Å². The van der Waals surface area contributed by atoms with E-state index in [-0.39, 0.29) is 8.41 Å². The molecule has 4 aromatic carbocycles. The minimum Gasteiger partial charge on any atom is -0.0683 e. The molecule has 0 aliphatic carbocycles. The Morgan fingerprint density at radius 3 is 0.568 bits per heavy atom. The van der Waals surface area contributed by atoms with Crippen LogP contribution < -0.4 is 0 Å². The quantitative estimate of drug-likeness (QED) is 0.175. The van der Waals surface area contributed by atoms with Crippen molar-refractivity contribution in [3.05, 3.63) is 120 Å². The second kappa shape index (κ2) is 67.7. The van der Waals surface area contributed by atoms with Gasteiger partial charge >= 0.3 is 0 Å². The standard InChI is InChI=1S/C10H8.C8H10.C6H6.3C3H8.5C2H6.B/c1-2-6-10-8-4-3-7-9(10)5-1;1-7-5-3-4-6-8(7)2;1-2-4-6-5-3-1;3*1-3-2;5*1-2;/h1-8H;3-6H,1-2H3;1-6H;3*3H2,1-2H3;5*1-2H3;. The second-order valence-corrected chi connectivity index (χ2v) is 7.71. The molecule has 0 bridgehead atoms. The molecule has 0 nitrogen and oxygen atoms in total. The minimum absolute atomic E-state index is 0. The van der Waals surface area contributed by atoms with Gasteiger partial charge in [-0.25, -0.2) is 0 Å². The van der Waals surface area contributed by atoms with Crippen LogP contribution in [0.15, 0.2) is 109 Å². The van der Waals surface area contributed by atoms with Gasteiger partial charge in [-0.2, -0.15) is 0 Å². The van der Waals surface area contributed by atoms with Crippen LogP contribution in [0.25, 0.3) is 10.8 Å². The number of hydrogen-bond acceptors (Lipinski definition) is 0. The Bertz CT molecular complexity index is 767. The summed E-state index contributed by atoms with van der Waals surface area (Å²) in [7, 11) is 0. The predicted molar refractivity (Wildman–Crippen MR) is 217 cm³/mol. The summed E-state index contributed by atoms with van der Waals surface area (Å²) in [5.74, 6) is 0. The zero-order valence-corrected chi connectivity index (χ0v) is 33.1. The van der Waals surface area contributed by atoms with E-state index in [0.29, 0.717) is 0 Å². The Labute approximate surface area is 282 Å². The topological polar surface area (TPSA) is 0 Å². The predicted octanol–water partition coefficient (Wildman–Crippen LogP) is 15.8. The molecule has 0 saturated heterocycles. The lowest BCUT2D eigenvalue weighted by Crippen LogP contribution is -1.74. The highest BCUT2D eigenvalue weighted by atomic mass is 13.9. The first-order chi connectivity index (χ1) is 21.0. The van der Waals surface area contributed by atoms with Crippen molar-refractivity contribution in [2.24, 2.45) is 0 Å². The molecule has 44 heavy (non-hydrogen) atoms. The molecule has 0 aliphatic rings. The third-order valence-corrected chi connectivity index (χ3v) is 3.75. The van der Waals surface area contributed by atoms with Crippen molar-refractivity contribution in [1.82, 2.24) is 0 Å². The fraction of sp³-hybridized carbons (Fsp3) is 0.488. The van der Waals surface area contributed by atoms with E-state index in [0.717, 1.165) is 0 Å². The fourth-order valence-electron chi connectivity index (χ4n) is 2.18. The van der Waals surface area contributed by atoms with Crippen LogP contribution in [-0.2, 0) is 0 Å². The summed E-state index contributed by atoms with van der Waals surface area (Å²) in [6.45, 7) is 37.0. The van der Waals surface area contributed by atoms with Gasteiger partial charge in [0.05, 0.1) is 0 Å². The fourth-order valence-corrected chi connectivity index (χ4v) is 2.18. The van der Waals surface area contributed by atoms with Crippen molar-refractivity contribution in [3.63, 3.8) is 0 Å². The van der Waals surface area contributed by atoms with E-state index in [1.54, 1.807) is 0 Å². The first-order valence-corrected chi connectivity index (χ1v) is 17.5. The molecule has 0 atom stereocenters. The Balaban J connectivity index is -0.0000000581. The van der Waals surface area contributed by atoms with E-state index in [2.05, 4.69) is 128 Å². The van der Waals surface area contributed by atoms with Crippen LogP contribution in [0, 0.1) is 13.8 Å². The maximum atomic E-state index is 2.12. The van der Waals surface area contributed by atoms with Crippen LogP contribution in [0.2, 0.25) is 0 Å². The van der Waals surface area contributed by atoms with Crippen LogP contribution in [-0.4, -0.2) is 8.41 Å². The van der Waals surface area contributed by atoms with E-state index in [4.69, 9.17) is 0 Å². The second-order valence-electron chi connectivity index (χ2n) is 7.71. The summed E-state index contributed by atoms with van der Waals surface area (Å²) in [6.07, 6.45) is 3.75. The molecular weight excluding hydrogens is 527 g/mol. The molecule has 0 fully saturated rings. The average molecular weight is 606 g/mol. The number of fused-ring (bicyclic) bond motifs is 1. The van der Waals surface area contributed by atoms with Gasteiger partial charge in [0, 0.05) is 8.41 Å². The summed E-state index contributed by atoms with van der Waals surface area (Å²) in [5, 5.41) is 2.62. The first-order valence-electron chi connectivity index (χ1n) is 17.5. The first kappa shape index (κ1) is 60.4. The highest BCUT2D eigenvalue weighted by Crippen LogP contribution is 2.11. The van der Waals surface area contributed by atoms with Gasteiger partial charge in [0.15, 0.2) is 0 Å². The van der Waals surface area contributed by atoms with Gasteiger partial charge < -0.3 is 0 Å². The van der Waals surface area contributed by atoms with Crippen LogP contribution in [0.1, 0.15) is 141 Å². The molecule has 253 valence electrons. The van der Waals surface area contributed by atoms with Crippen molar-refractivity contribution < 1.29 is 0 Å². The number of benzene rings is 4. The molecule has 1 heteroatoms. The Hall–Kier alpha value is -2.80. The summed E-state index contributed by atoms with van der Waals surface area (Å²) < 4.78 is 0. The van der Waals surface area contributed by atoms with Gasteiger partial charge in [0.25, 0.3) is 0 Å². The lowest BCUT2D eigenvalue weighted by Gasteiger charge is -1.93. The Morgan fingerprint density at radius 1 is 0.295 bits per heavy atom. The zero-order chi connectivity index (χ0) is 35.2. The van der Waals surface area contributed by atoms with E-state index in [1.807, 2.05) is 106 Å². The molecule has 3 radical (unpaired) electrons. The van der Waals surface area contributed by atoms with E-state index >= 15 is 0 Å². The van der Waals surface area contributed by atoms with Crippen molar-refractivity contribution >= 4 is 19.2 Å². The van der Waals surface area contributed by atoms with Gasteiger partial charge in [0.1, 0.15) is 0 Å². The highest BCUT2D eigenvalue weighted by molar-refractivity contribution is 5.82. The summed E-state index contributed by atoms with van der Waals surface area (Å²) in [5.41, 5.74) is 2.74. The third kappa shape index (κ3) is 55.2. The van der Waals surface area contributed by atoms with Crippen LogP contribution >= 0.6 is 0 Å². The summed E-state index contributed by atoms with van der Waals surface area (Å²) in [4.78, 5) is 0. The number of rotatable bonds is 0.